The number of phenols is 1. The number of hydrogen-bond acceptors (Lipinski definition) is 3. The normalized spacial score (nSPS) is 10.8. The Morgan fingerprint density at radius 3 is 2.40 bits per heavy atom. The number of aliphatic carboxylic acids is 1. The van der Waals surface area contributed by atoms with E-state index in [4.69, 9.17) is 28.3 Å². The van der Waals surface area contributed by atoms with Crippen molar-refractivity contribution in [3.63, 3.8) is 0 Å². The number of carbonyl (C=O) groups is 1. The smallest absolute Gasteiger partial charge is 0.322 e. The average Bonchev–Trinajstić information content (AvgIpc) is 2.56. The van der Waals surface area contributed by atoms with Crippen LogP contribution in [0.3, 0.4) is 0 Å². The highest BCUT2D eigenvalue weighted by molar-refractivity contribution is 6.40. The van der Waals surface area contributed by atoms with Crippen LogP contribution in [0.4, 0.5) is 5.69 Å². The van der Waals surface area contributed by atoms with Crippen molar-refractivity contribution >= 4 is 45.6 Å². The summed E-state index contributed by atoms with van der Waals surface area (Å²) in [5.41, 5.74) is 2.84. The number of halogens is 2. The van der Waals surface area contributed by atoms with E-state index in [1.54, 1.807) is 18.2 Å². The van der Waals surface area contributed by atoms with E-state index in [0.29, 0.717) is 21.3 Å². The van der Waals surface area contributed by atoms with Gasteiger partial charge in [0.25, 0.3) is 0 Å². The molecule has 0 amide bonds. The van der Waals surface area contributed by atoms with Gasteiger partial charge in [0.2, 0.25) is 0 Å². The van der Waals surface area contributed by atoms with Gasteiger partial charge < -0.3 is 15.5 Å². The van der Waals surface area contributed by atoms with Crippen LogP contribution in [0.5, 0.6) is 5.75 Å². The molecular weight excluding hydrogens is 361 g/mol. The Kier molecular flexibility index (Phi) is 4.75. The van der Waals surface area contributed by atoms with Crippen LogP contribution in [-0.2, 0) is 4.79 Å². The van der Waals surface area contributed by atoms with Crippen LogP contribution < -0.4 is 5.32 Å². The molecule has 0 heterocycles. The topological polar surface area (TPSA) is 69.6 Å². The van der Waals surface area contributed by atoms with Gasteiger partial charge in [-0.15, -0.1) is 0 Å². The molecule has 3 N–H and O–H groups in total. The van der Waals surface area contributed by atoms with Crippen LogP contribution in [0.15, 0.2) is 42.5 Å². The van der Waals surface area contributed by atoms with Crippen LogP contribution in [0.1, 0.15) is 5.56 Å². The van der Waals surface area contributed by atoms with Gasteiger partial charge in [-0.1, -0.05) is 47.5 Å². The van der Waals surface area contributed by atoms with Crippen LogP contribution in [0.25, 0.3) is 21.9 Å². The lowest BCUT2D eigenvalue weighted by molar-refractivity contribution is -0.134. The Labute approximate surface area is 154 Å². The van der Waals surface area contributed by atoms with Crippen LogP contribution in [-0.4, -0.2) is 22.7 Å². The van der Waals surface area contributed by atoms with E-state index >= 15 is 0 Å². The molecule has 0 atom stereocenters. The summed E-state index contributed by atoms with van der Waals surface area (Å²) in [6.07, 6.45) is 0. The number of nitrogens with one attached hydrogen (secondary N) is 1. The average molecular weight is 376 g/mol. The Balaban J connectivity index is 2.15. The fraction of sp³-hybridized carbons (Fsp3) is 0.105. The van der Waals surface area contributed by atoms with E-state index in [-0.39, 0.29) is 12.3 Å². The number of carboxylic acid groups (broad SMARTS) is 1. The summed E-state index contributed by atoms with van der Waals surface area (Å²) < 4.78 is 0. The van der Waals surface area contributed by atoms with E-state index in [1.807, 2.05) is 31.2 Å². The summed E-state index contributed by atoms with van der Waals surface area (Å²) in [7, 11) is 0. The minimum atomic E-state index is -0.972. The minimum absolute atomic E-state index is 0.223. The molecular formula is C19H15Cl2NO3. The molecule has 25 heavy (non-hydrogen) atoms. The Hall–Kier alpha value is -2.43. The lowest BCUT2D eigenvalue weighted by atomic mass is 9.95. The second-order valence-electron chi connectivity index (χ2n) is 5.67. The standard InChI is InChI=1S/C19H15Cl2NO3/c1-10-12-3-2-4-14(13(12)5-6-17(10)23)19-15(20)7-11(8-16(19)21)22-9-18(24)25/h2-8,22-23H,9H2,1H3,(H,24,25). The third kappa shape index (κ3) is 3.36. The van der Waals surface area contributed by atoms with Gasteiger partial charge in [-0.25, -0.2) is 0 Å². The fourth-order valence-corrected chi connectivity index (χ4v) is 3.52. The summed E-state index contributed by atoms with van der Waals surface area (Å²) in [6, 6.07) is 12.5. The highest BCUT2D eigenvalue weighted by Gasteiger charge is 2.15. The first-order valence-electron chi connectivity index (χ1n) is 7.55. The number of anilines is 1. The number of rotatable bonds is 4. The molecule has 0 aromatic heterocycles. The SMILES string of the molecule is Cc1c(O)ccc2c(-c3c(Cl)cc(NCC(=O)O)cc3Cl)cccc12. The number of hydrogen-bond donors (Lipinski definition) is 3. The molecule has 0 aliphatic heterocycles. The fourth-order valence-electron chi connectivity index (χ4n) is 2.83. The van der Waals surface area contributed by atoms with Crippen LogP contribution in [0, 0.1) is 6.92 Å². The van der Waals surface area contributed by atoms with Crippen molar-refractivity contribution in [3.05, 3.63) is 58.1 Å². The molecule has 0 aliphatic rings. The van der Waals surface area contributed by atoms with Crippen molar-refractivity contribution in [1.82, 2.24) is 0 Å². The van der Waals surface area contributed by atoms with Crippen molar-refractivity contribution in [3.8, 4) is 16.9 Å². The molecule has 0 fully saturated rings. The summed E-state index contributed by atoms with van der Waals surface area (Å²) in [4.78, 5) is 10.7. The van der Waals surface area contributed by atoms with Crippen molar-refractivity contribution < 1.29 is 15.0 Å². The Morgan fingerprint density at radius 2 is 1.76 bits per heavy atom. The van der Waals surface area contributed by atoms with E-state index in [2.05, 4.69) is 5.32 Å². The molecule has 4 nitrogen and oxygen atoms in total. The maximum absolute atomic E-state index is 10.7. The monoisotopic (exact) mass is 375 g/mol. The van der Waals surface area contributed by atoms with E-state index < -0.39 is 5.97 Å². The lowest BCUT2D eigenvalue weighted by Crippen LogP contribution is -2.12. The number of aryl methyl sites for hydroxylation is 1. The van der Waals surface area contributed by atoms with Gasteiger partial charge in [-0.05, 0) is 47.0 Å². The molecule has 0 saturated carbocycles. The largest absolute Gasteiger partial charge is 0.508 e. The Bertz CT molecular complexity index is 963. The van der Waals surface area contributed by atoms with Crippen molar-refractivity contribution in [2.45, 2.75) is 6.92 Å². The van der Waals surface area contributed by atoms with Crippen LogP contribution in [0.2, 0.25) is 10.0 Å². The molecule has 3 aromatic carbocycles. The molecule has 0 saturated heterocycles. The molecule has 3 aromatic rings. The number of fused-ring (bicyclic) bond motifs is 1. The van der Waals surface area contributed by atoms with E-state index in [0.717, 1.165) is 21.9 Å². The third-order valence-corrected chi connectivity index (χ3v) is 4.65. The second-order valence-corrected chi connectivity index (χ2v) is 6.49. The summed E-state index contributed by atoms with van der Waals surface area (Å²) in [5.74, 6) is -0.740. The summed E-state index contributed by atoms with van der Waals surface area (Å²) >= 11 is 12.9. The van der Waals surface area contributed by atoms with Crippen LogP contribution >= 0.6 is 23.2 Å². The number of phenolic OH excluding ortho intramolecular Hbond substituents is 1. The molecule has 3 rings (SSSR count). The van der Waals surface area contributed by atoms with Gasteiger partial charge in [0.05, 0.1) is 10.0 Å². The van der Waals surface area contributed by atoms with Gasteiger partial charge in [0, 0.05) is 11.3 Å². The maximum atomic E-state index is 10.7. The molecule has 0 spiro atoms. The molecule has 0 radical (unpaired) electrons. The quantitative estimate of drug-likeness (QED) is 0.576. The van der Waals surface area contributed by atoms with Gasteiger partial charge in [-0.3, -0.25) is 4.79 Å². The maximum Gasteiger partial charge on any atom is 0.322 e. The number of aromatic hydroxyl groups is 1. The first kappa shape index (κ1) is 17.4. The zero-order valence-corrected chi connectivity index (χ0v) is 14.8. The zero-order valence-electron chi connectivity index (χ0n) is 13.3. The third-order valence-electron chi connectivity index (χ3n) is 4.06. The summed E-state index contributed by atoms with van der Waals surface area (Å²) in [5, 5.41) is 24.1. The van der Waals surface area contributed by atoms with Crippen molar-refractivity contribution in [1.29, 1.82) is 0 Å². The summed E-state index contributed by atoms with van der Waals surface area (Å²) in [6.45, 7) is 1.63. The molecule has 0 bridgehead atoms. The predicted octanol–water partition coefficient (Wildman–Crippen LogP) is 5.32. The highest BCUT2D eigenvalue weighted by atomic mass is 35.5. The van der Waals surface area contributed by atoms with Gasteiger partial charge in [0.1, 0.15) is 12.3 Å². The molecule has 128 valence electrons. The minimum Gasteiger partial charge on any atom is -0.508 e. The van der Waals surface area contributed by atoms with Gasteiger partial charge >= 0.3 is 5.97 Å². The van der Waals surface area contributed by atoms with Gasteiger partial charge in [0.15, 0.2) is 0 Å². The number of benzene rings is 3. The predicted molar refractivity (Wildman–Crippen MR) is 102 cm³/mol. The van der Waals surface area contributed by atoms with E-state index in [1.165, 1.54) is 0 Å². The lowest BCUT2D eigenvalue weighted by Gasteiger charge is -2.14. The number of carboxylic acids is 1. The molecule has 0 aliphatic carbocycles. The zero-order chi connectivity index (χ0) is 18.1. The van der Waals surface area contributed by atoms with Gasteiger partial charge in [-0.2, -0.15) is 0 Å². The molecule has 6 heteroatoms. The highest BCUT2D eigenvalue weighted by Crippen LogP contribution is 2.41. The Morgan fingerprint density at radius 1 is 1.08 bits per heavy atom. The molecule has 0 unspecified atom stereocenters. The van der Waals surface area contributed by atoms with Crippen molar-refractivity contribution in [2.75, 3.05) is 11.9 Å². The van der Waals surface area contributed by atoms with E-state index in [9.17, 15) is 9.90 Å². The first-order chi connectivity index (χ1) is 11.9. The van der Waals surface area contributed by atoms with Crippen molar-refractivity contribution in [2.24, 2.45) is 0 Å². The second kappa shape index (κ2) is 6.82. The first-order valence-corrected chi connectivity index (χ1v) is 8.30.